The average Bonchev–Trinajstić information content (AvgIpc) is 3.10. The normalized spacial score (nSPS) is 16.7. The van der Waals surface area contributed by atoms with Gasteiger partial charge in [0.15, 0.2) is 0 Å². The minimum Gasteiger partial charge on any atom is -0.399 e. The van der Waals surface area contributed by atoms with E-state index in [4.69, 9.17) is 17.3 Å². The average molecular weight is 358 g/mol. The highest BCUT2D eigenvalue weighted by Crippen LogP contribution is 2.21. The summed E-state index contributed by atoms with van der Waals surface area (Å²) in [6, 6.07) is 13.7. The van der Waals surface area contributed by atoms with Crippen LogP contribution in [0.25, 0.3) is 0 Å². The Morgan fingerprint density at radius 2 is 1.96 bits per heavy atom. The van der Waals surface area contributed by atoms with Gasteiger partial charge in [-0.2, -0.15) is 0 Å². The summed E-state index contributed by atoms with van der Waals surface area (Å²) < 4.78 is 0. The van der Waals surface area contributed by atoms with Gasteiger partial charge in [0.2, 0.25) is 5.91 Å². The smallest absolute Gasteiger partial charge is 0.254 e. The highest BCUT2D eigenvalue weighted by atomic mass is 35.5. The first-order valence-electron chi connectivity index (χ1n) is 8.23. The molecule has 6 heteroatoms. The van der Waals surface area contributed by atoms with Gasteiger partial charge >= 0.3 is 0 Å². The highest BCUT2D eigenvalue weighted by Gasteiger charge is 2.34. The van der Waals surface area contributed by atoms with Gasteiger partial charge in [0, 0.05) is 29.4 Å². The number of nitrogens with one attached hydrogen (secondary N) is 1. The molecule has 3 rings (SSSR count). The van der Waals surface area contributed by atoms with Crippen LogP contribution >= 0.6 is 11.6 Å². The molecule has 5 nitrogen and oxygen atoms in total. The summed E-state index contributed by atoms with van der Waals surface area (Å²) in [5.74, 6) is -0.291. The second kappa shape index (κ2) is 7.57. The molecule has 0 saturated carbocycles. The van der Waals surface area contributed by atoms with Crippen LogP contribution in [0.2, 0.25) is 5.02 Å². The van der Waals surface area contributed by atoms with E-state index in [1.54, 1.807) is 41.3 Å². The third-order valence-electron chi connectivity index (χ3n) is 4.33. The van der Waals surface area contributed by atoms with Gasteiger partial charge < -0.3 is 16.0 Å². The lowest BCUT2D eigenvalue weighted by atomic mass is 10.1. The van der Waals surface area contributed by atoms with E-state index in [1.165, 1.54) is 0 Å². The van der Waals surface area contributed by atoms with Crippen LogP contribution in [0.15, 0.2) is 48.5 Å². The fourth-order valence-electron chi connectivity index (χ4n) is 3.03. The summed E-state index contributed by atoms with van der Waals surface area (Å²) in [6.07, 6.45) is 1.48. The Balaban J connectivity index is 1.65. The summed E-state index contributed by atoms with van der Waals surface area (Å²) in [7, 11) is 0. The molecule has 0 radical (unpaired) electrons. The van der Waals surface area contributed by atoms with Crippen molar-refractivity contribution in [3.8, 4) is 0 Å². The number of nitrogens with zero attached hydrogens (tertiary/aromatic N) is 1. The topological polar surface area (TPSA) is 75.4 Å². The molecule has 1 saturated heterocycles. The maximum Gasteiger partial charge on any atom is 0.254 e. The van der Waals surface area contributed by atoms with Gasteiger partial charge in [-0.1, -0.05) is 29.8 Å². The molecule has 1 heterocycles. The van der Waals surface area contributed by atoms with Gasteiger partial charge in [0.05, 0.1) is 0 Å². The Morgan fingerprint density at radius 3 is 2.68 bits per heavy atom. The molecule has 2 aromatic carbocycles. The van der Waals surface area contributed by atoms with Gasteiger partial charge in [-0.05, 0) is 48.7 Å². The van der Waals surface area contributed by atoms with Crippen molar-refractivity contribution in [2.45, 2.75) is 25.4 Å². The number of rotatable bonds is 4. The number of anilines is 1. The maximum atomic E-state index is 12.7. The van der Waals surface area contributed by atoms with Crippen LogP contribution in [-0.2, 0) is 11.3 Å². The van der Waals surface area contributed by atoms with E-state index in [9.17, 15) is 9.59 Å². The summed E-state index contributed by atoms with van der Waals surface area (Å²) in [6.45, 7) is 0.986. The maximum absolute atomic E-state index is 12.7. The Morgan fingerprint density at radius 1 is 1.20 bits per heavy atom. The number of nitrogens with two attached hydrogens (primary N) is 1. The molecule has 0 aromatic heterocycles. The van der Waals surface area contributed by atoms with E-state index in [0.29, 0.717) is 35.8 Å². The van der Waals surface area contributed by atoms with E-state index >= 15 is 0 Å². The zero-order valence-electron chi connectivity index (χ0n) is 13.7. The van der Waals surface area contributed by atoms with Crippen LogP contribution in [0.5, 0.6) is 0 Å². The molecule has 2 aromatic rings. The van der Waals surface area contributed by atoms with E-state index in [-0.39, 0.29) is 11.8 Å². The molecule has 1 atom stereocenters. The van der Waals surface area contributed by atoms with Crippen LogP contribution < -0.4 is 11.1 Å². The number of nitrogen functional groups attached to an aromatic ring is 1. The van der Waals surface area contributed by atoms with Crippen LogP contribution in [-0.4, -0.2) is 29.3 Å². The van der Waals surface area contributed by atoms with Gasteiger partial charge in [-0.25, -0.2) is 0 Å². The molecule has 1 aliphatic rings. The van der Waals surface area contributed by atoms with Crippen molar-refractivity contribution in [1.82, 2.24) is 10.2 Å². The lowest BCUT2D eigenvalue weighted by Crippen LogP contribution is -2.45. The van der Waals surface area contributed by atoms with Gasteiger partial charge in [0.1, 0.15) is 6.04 Å². The fourth-order valence-corrected chi connectivity index (χ4v) is 3.16. The second-order valence-electron chi connectivity index (χ2n) is 6.13. The number of amides is 2. The number of halogens is 1. The van der Waals surface area contributed by atoms with Crippen molar-refractivity contribution in [3.63, 3.8) is 0 Å². The Kier molecular flexibility index (Phi) is 5.24. The SMILES string of the molecule is Nc1cccc(C(=O)N2CCC[C@H]2C(=O)NCc2ccc(Cl)cc2)c1. The third-order valence-corrected chi connectivity index (χ3v) is 4.58. The largest absolute Gasteiger partial charge is 0.399 e. The molecule has 0 aliphatic carbocycles. The second-order valence-corrected chi connectivity index (χ2v) is 6.56. The number of hydrogen-bond acceptors (Lipinski definition) is 3. The summed E-state index contributed by atoms with van der Waals surface area (Å²) >= 11 is 5.86. The molecule has 0 bridgehead atoms. The van der Waals surface area contributed by atoms with Crippen molar-refractivity contribution >= 4 is 29.1 Å². The molecule has 2 amide bonds. The number of carbonyl (C=O) groups excluding carboxylic acids is 2. The Labute approximate surface area is 151 Å². The quantitative estimate of drug-likeness (QED) is 0.826. The van der Waals surface area contributed by atoms with Crippen LogP contribution in [0.1, 0.15) is 28.8 Å². The minimum absolute atomic E-state index is 0.135. The lowest BCUT2D eigenvalue weighted by Gasteiger charge is -2.24. The molecule has 25 heavy (non-hydrogen) atoms. The van der Waals surface area contributed by atoms with Crippen LogP contribution in [0.3, 0.4) is 0 Å². The van der Waals surface area contributed by atoms with Crippen molar-refractivity contribution in [3.05, 3.63) is 64.7 Å². The van der Waals surface area contributed by atoms with E-state index < -0.39 is 6.04 Å². The summed E-state index contributed by atoms with van der Waals surface area (Å²) in [5, 5.41) is 3.56. The van der Waals surface area contributed by atoms with E-state index in [2.05, 4.69) is 5.32 Å². The standard InChI is InChI=1S/C19H20ClN3O2/c20-15-8-6-13(7-9-15)12-22-18(24)17-5-2-10-23(17)19(25)14-3-1-4-16(21)11-14/h1,3-4,6-9,11,17H,2,5,10,12,21H2,(H,22,24)/t17-/m0/s1. The van der Waals surface area contributed by atoms with Crippen molar-refractivity contribution < 1.29 is 9.59 Å². The molecule has 130 valence electrons. The first-order valence-corrected chi connectivity index (χ1v) is 8.61. The molecule has 1 aliphatic heterocycles. The third kappa shape index (κ3) is 4.12. The van der Waals surface area contributed by atoms with E-state index in [0.717, 1.165) is 12.0 Å². The fraction of sp³-hybridized carbons (Fsp3) is 0.263. The van der Waals surface area contributed by atoms with Gasteiger partial charge in [0.25, 0.3) is 5.91 Å². The zero-order valence-corrected chi connectivity index (χ0v) is 14.5. The van der Waals surface area contributed by atoms with E-state index in [1.807, 2.05) is 12.1 Å². The summed E-state index contributed by atoms with van der Waals surface area (Å²) in [5.41, 5.74) is 7.76. The molecule has 0 unspecified atom stereocenters. The zero-order chi connectivity index (χ0) is 17.8. The number of hydrogen-bond donors (Lipinski definition) is 2. The van der Waals surface area contributed by atoms with Crippen LogP contribution in [0.4, 0.5) is 5.69 Å². The number of likely N-dealkylation sites (tertiary alicyclic amines) is 1. The van der Waals surface area contributed by atoms with Crippen molar-refractivity contribution in [2.24, 2.45) is 0 Å². The van der Waals surface area contributed by atoms with Gasteiger partial charge in [-0.3, -0.25) is 9.59 Å². The molecule has 0 spiro atoms. The highest BCUT2D eigenvalue weighted by molar-refractivity contribution is 6.30. The number of benzene rings is 2. The lowest BCUT2D eigenvalue weighted by molar-refractivity contribution is -0.125. The summed E-state index contributed by atoms with van der Waals surface area (Å²) in [4.78, 5) is 26.9. The first kappa shape index (κ1) is 17.3. The Hall–Kier alpha value is -2.53. The van der Waals surface area contributed by atoms with Crippen molar-refractivity contribution in [1.29, 1.82) is 0 Å². The number of carbonyl (C=O) groups is 2. The first-order chi connectivity index (χ1) is 12.0. The van der Waals surface area contributed by atoms with Gasteiger partial charge in [-0.15, -0.1) is 0 Å². The molecule has 1 fully saturated rings. The molecular weight excluding hydrogens is 338 g/mol. The Bertz CT molecular complexity index is 776. The molecular formula is C19H20ClN3O2. The van der Waals surface area contributed by atoms with Crippen LogP contribution in [0, 0.1) is 0 Å². The van der Waals surface area contributed by atoms with Crippen molar-refractivity contribution in [2.75, 3.05) is 12.3 Å². The monoisotopic (exact) mass is 357 g/mol. The minimum atomic E-state index is -0.443. The predicted octanol–water partition coefficient (Wildman–Crippen LogP) is 2.84. The molecule has 3 N–H and O–H groups in total. The predicted molar refractivity (Wildman–Crippen MR) is 98.2 cm³/mol.